The van der Waals surface area contributed by atoms with Crippen molar-refractivity contribution in [2.24, 2.45) is 0 Å². The van der Waals surface area contributed by atoms with E-state index in [9.17, 15) is 4.79 Å². The maximum Gasteiger partial charge on any atom is 0.244 e. The highest BCUT2D eigenvalue weighted by Gasteiger charge is 2.26. The van der Waals surface area contributed by atoms with E-state index >= 15 is 0 Å². The Bertz CT molecular complexity index is 822. The third-order valence-electron chi connectivity index (χ3n) is 4.32. The van der Waals surface area contributed by atoms with Crippen LogP contribution in [0.25, 0.3) is 6.08 Å². The maximum atomic E-state index is 12.2. The van der Waals surface area contributed by atoms with E-state index in [1.807, 2.05) is 31.2 Å². The lowest BCUT2D eigenvalue weighted by molar-refractivity contribution is -0.118. The number of benzene rings is 2. The zero-order valence-corrected chi connectivity index (χ0v) is 16.7. The molecular weight excluding hydrogens is 366 g/mol. The molecule has 0 spiro atoms. The number of carbonyl (C=O) groups excluding carboxylic acids is 1. The Labute approximate surface area is 164 Å². The fourth-order valence-electron chi connectivity index (χ4n) is 2.55. The van der Waals surface area contributed by atoms with E-state index < -0.39 is 5.60 Å². The molecule has 6 heteroatoms. The third kappa shape index (κ3) is 5.49. The van der Waals surface area contributed by atoms with E-state index in [2.05, 4.69) is 5.32 Å². The number of halogens is 1. The minimum Gasteiger partial charge on any atom is -0.493 e. The van der Waals surface area contributed by atoms with Crippen LogP contribution in [-0.4, -0.2) is 33.8 Å². The Morgan fingerprint density at radius 2 is 1.85 bits per heavy atom. The first kappa shape index (κ1) is 20.8. The molecule has 0 aliphatic heterocycles. The first-order valence-corrected chi connectivity index (χ1v) is 8.79. The third-order valence-corrected chi connectivity index (χ3v) is 4.56. The van der Waals surface area contributed by atoms with E-state index in [1.54, 1.807) is 45.6 Å². The lowest BCUT2D eigenvalue weighted by Gasteiger charge is -2.29. The van der Waals surface area contributed by atoms with E-state index in [4.69, 9.17) is 25.8 Å². The SMILES string of the molecule is COc1ccc(/C=C/C(=O)NCC(C)(OC)c2cccc(Cl)c2)cc1OC. The molecule has 144 valence electrons. The first-order valence-electron chi connectivity index (χ1n) is 8.41. The predicted octanol–water partition coefficient (Wildman–Crippen LogP) is 4.05. The summed E-state index contributed by atoms with van der Waals surface area (Å²) in [7, 11) is 4.75. The van der Waals surface area contributed by atoms with Crippen molar-refractivity contribution in [1.82, 2.24) is 5.32 Å². The second-order valence-corrected chi connectivity index (χ2v) is 6.55. The first-order chi connectivity index (χ1) is 12.9. The number of carbonyl (C=O) groups is 1. The average molecular weight is 390 g/mol. The largest absolute Gasteiger partial charge is 0.493 e. The quantitative estimate of drug-likeness (QED) is 0.692. The molecule has 0 fully saturated rings. The van der Waals surface area contributed by atoms with Gasteiger partial charge < -0.3 is 19.5 Å². The Morgan fingerprint density at radius 3 is 2.48 bits per heavy atom. The smallest absolute Gasteiger partial charge is 0.244 e. The minimum absolute atomic E-state index is 0.227. The van der Waals surface area contributed by atoms with Crippen LogP contribution < -0.4 is 14.8 Å². The summed E-state index contributed by atoms with van der Waals surface area (Å²) in [5, 5.41) is 3.48. The monoisotopic (exact) mass is 389 g/mol. The fraction of sp³-hybridized carbons (Fsp3) is 0.286. The van der Waals surface area contributed by atoms with Gasteiger partial charge in [-0.15, -0.1) is 0 Å². The molecule has 5 nitrogen and oxygen atoms in total. The molecule has 0 heterocycles. The molecule has 0 bridgehead atoms. The average Bonchev–Trinajstić information content (AvgIpc) is 2.70. The van der Waals surface area contributed by atoms with Crippen molar-refractivity contribution in [3.63, 3.8) is 0 Å². The van der Waals surface area contributed by atoms with Crippen molar-refractivity contribution in [1.29, 1.82) is 0 Å². The van der Waals surface area contributed by atoms with E-state index in [0.717, 1.165) is 11.1 Å². The number of methoxy groups -OCH3 is 3. The molecule has 0 aliphatic rings. The summed E-state index contributed by atoms with van der Waals surface area (Å²) in [6, 6.07) is 12.8. The standard InChI is InChI=1S/C21H24ClNO4/c1-21(27-4,16-6-5-7-17(22)13-16)14-23-20(24)11-9-15-8-10-18(25-2)19(12-15)26-3/h5-13H,14H2,1-4H3,(H,23,24)/b11-9+. The summed E-state index contributed by atoms with van der Waals surface area (Å²) in [6.45, 7) is 2.20. The molecule has 1 unspecified atom stereocenters. The summed E-state index contributed by atoms with van der Waals surface area (Å²) in [6.07, 6.45) is 3.18. The second kappa shape index (κ2) is 9.44. The summed E-state index contributed by atoms with van der Waals surface area (Å²) in [5.41, 5.74) is 1.03. The molecule has 0 aromatic heterocycles. The van der Waals surface area contributed by atoms with Crippen LogP contribution in [0.5, 0.6) is 11.5 Å². The molecule has 1 N–H and O–H groups in total. The van der Waals surface area contributed by atoms with Crippen LogP contribution >= 0.6 is 11.6 Å². The molecular formula is C21H24ClNO4. The van der Waals surface area contributed by atoms with Crippen LogP contribution in [0.15, 0.2) is 48.5 Å². The number of hydrogen-bond donors (Lipinski definition) is 1. The zero-order chi connectivity index (χ0) is 19.9. The molecule has 2 rings (SSSR count). The number of nitrogens with one attached hydrogen (secondary N) is 1. The molecule has 0 saturated heterocycles. The number of rotatable bonds is 8. The molecule has 0 radical (unpaired) electrons. The van der Waals surface area contributed by atoms with Crippen LogP contribution in [0.4, 0.5) is 0 Å². The molecule has 2 aromatic carbocycles. The van der Waals surface area contributed by atoms with Gasteiger partial charge in [-0.2, -0.15) is 0 Å². The zero-order valence-electron chi connectivity index (χ0n) is 15.9. The van der Waals surface area contributed by atoms with Gasteiger partial charge in [-0.1, -0.05) is 29.8 Å². The second-order valence-electron chi connectivity index (χ2n) is 6.11. The van der Waals surface area contributed by atoms with Gasteiger partial charge >= 0.3 is 0 Å². The Balaban J connectivity index is 2.03. The Hall–Kier alpha value is -2.50. The summed E-state index contributed by atoms with van der Waals surface area (Å²) < 4.78 is 16.1. The number of ether oxygens (including phenoxy) is 3. The van der Waals surface area contributed by atoms with Gasteiger partial charge in [0.05, 0.1) is 20.8 Å². The highest BCUT2D eigenvalue weighted by atomic mass is 35.5. The van der Waals surface area contributed by atoms with Crippen molar-refractivity contribution in [3.05, 3.63) is 64.7 Å². The molecule has 27 heavy (non-hydrogen) atoms. The van der Waals surface area contributed by atoms with Crippen LogP contribution in [0.1, 0.15) is 18.1 Å². The number of hydrogen-bond acceptors (Lipinski definition) is 4. The van der Waals surface area contributed by atoms with Gasteiger partial charge in [-0.05, 0) is 48.4 Å². The minimum atomic E-state index is -0.683. The van der Waals surface area contributed by atoms with Gasteiger partial charge in [0.2, 0.25) is 5.91 Å². The lowest BCUT2D eigenvalue weighted by atomic mass is 9.95. The maximum absolute atomic E-state index is 12.2. The van der Waals surface area contributed by atoms with E-state index in [-0.39, 0.29) is 5.91 Å². The van der Waals surface area contributed by atoms with Gasteiger partial charge in [-0.25, -0.2) is 0 Å². The molecule has 0 aliphatic carbocycles. The van der Waals surface area contributed by atoms with Crippen molar-refractivity contribution in [2.75, 3.05) is 27.9 Å². The summed E-state index contributed by atoms with van der Waals surface area (Å²) >= 11 is 6.06. The van der Waals surface area contributed by atoms with Crippen molar-refractivity contribution >= 4 is 23.6 Å². The Kier molecular flexibility index (Phi) is 7.28. The van der Waals surface area contributed by atoms with Crippen molar-refractivity contribution in [3.8, 4) is 11.5 Å². The van der Waals surface area contributed by atoms with Crippen LogP contribution in [-0.2, 0) is 15.1 Å². The van der Waals surface area contributed by atoms with Crippen LogP contribution in [0.2, 0.25) is 5.02 Å². The fourth-order valence-corrected chi connectivity index (χ4v) is 2.74. The highest BCUT2D eigenvalue weighted by molar-refractivity contribution is 6.30. The van der Waals surface area contributed by atoms with E-state index in [0.29, 0.717) is 23.1 Å². The van der Waals surface area contributed by atoms with Gasteiger partial charge in [0.15, 0.2) is 11.5 Å². The lowest BCUT2D eigenvalue weighted by Crippen LogP contribution is -2.39. The molecule has 2 aromatic rings. The molecule has 1 atom stereocenters. The van der Waals surface area contributed by atoms with Gasteiger partial charge in [0.25, 0.3) is 0 Å². The van der Waals surface area contributed by atoms with Crippen molar-refractivity contribution < 1.29 is 19.0 Å². The predicted molar refractivity (Wildman–Crippen MR) is 107 cm³/mol. The topological polar surface area (TPSA) is 56.8 Å². The van der Waals surface area contributed by atoms with Crippen molar-refractivity contribution in [2.45, 2.75) is 12.5 Å². The van der Waals surface area contributed by atoms with Gasteiger partial charge in [0.1, 0.15) is 5.60 Å². The molecule has 1 amide bonds. The van der Waals surface area contributed by atoms with Gasteiger partial charge in [0, 0.05) is 18.2 Å². The van der Waals surface area contributed by atoms with Gasteiger partial charge in [-0.3, -0.25) is 4.79 Å². The highest BCUT2D eigenvalue weighted by Crippen LogP contribution is 2.28. The van der Waals surface area contributed by atoms with E-state index in [1.165, 1.54) is 6.08 Å². The number of amides is 1. The normalized spacial score (nSPS) is 13.2. The van der Waals surface area contributed by atoms with Crippen LogP contribution in [0.3, 0.4) is 0 Å². The molecule has 0 saturated carbocycles. The van der Waals surface area contributed by atoms with Crippen LogP contribution in [0, 0.1) is 0 Å². The summed E-state index contributed by atoms with van der Waals surface area (Å²) in [5.74, 6) is 1.01. The Morgan fingerprint density at radius 1 is 1.11 bits per heavy atom. The summed E-state index contributed by atoms with van der Waals surface area (Å²) in [4.78, 5) is 12.2.